The first-order chi connectivity index (χ1) is 11.6. The van der Waals surface area contributed by atoms with Crippen LogP contribution in [0.1, 0.15) is 53.4 Å². The molecule has 146 valence electrons. The number of carbonyl (C=O) groups excluding carboxylic acids is 2. The Balaban J connectivity index is 5.03. The molecule has 0 fully saturated rings. The molecule has 0 aliphatic heterocycles. The Morgan fingerprint density at radius 3 is 2.08 bits per heavy atom. The highest BCUT2D eigenvalue weighted by molar-refractivity contribution is 5.92. The molecule has 2 amide bonds. The third kappa shape index (κ3) is 8.31. The summed E-state index contributed by atoms with van der Waals surface area (Å²) < 4.78 is 0. The van der Waals surface area contributed by atoms with Crippen molar-refractivity contribution in [3.8, 4) is 0 Å². The molecule has 4 unspecified atom stereocenters. The lowest BCUT2D eigenvalue weighted by molar-refractivity contribution is -0.142. The van der Waals surface area contributed by atoms with E-state index in [2.05, 4.69) is 10.6 Å². The van der Waals surface area contributed by atoms with Gasteiger partial charge in [-0.3, -0.25) is 9.59 Å². The SMILES string of the molecule is CCC(C)C(NC(=O)C(N)C(C)C)C(=O)NC(CCCCN)C(=O)O. The zero-order valence-electron chi connectivity index (χ0n) is 15.7. The Morgan fingerprint density at radius 1 is 1.04 bits per heavy atom. The Morgan fingerprint density at radius 2 is 1.64 bits per heavy atom. The van der Waals surface area contributed by atoms with Crippen molar-refractivity contribution in [1.29, 1.82) is 0 Å². The van der Waals surface area contributed by atoms with E-state index in [4.69, 9.17) is 11.5 Å². The molecule has 4 atom stereocenters. The predicted octanol–water partition coefficient (Wildman–Crippen LogP) is 0.199. The van der Waals surface area contributed by atoms with E-state index in [1.165, 1.54) is 0 Å². The lowest BCUT2D eigenvalue weighted by Crippen LogP contribution is -2.57. The molecule has 7 N–H and O–H groups in total. The molecule has 0 aromatic rings. The molecule has 8 heteroatoms. The molecule has 0 aliphatic rings. The van der Waals surface area contributed by atoms with Gasteiger partial charge in [0.1, 0.15) is 12.1 Å². The number of carboxylic acid groups (broad SMARTS) is 1. The number of aliphatic carboxylic acids is 1. The molecular formula is C17H34N4O4. The topological polar surface area (TPSA) is 148 Å². The lowest BCUT2D eigenvalue weighted by atomic mass is 9.96. The van der Waals surface area contributed by atoms with Gasteiger partial charge in [0.2, 0.25) is 11.8 Å². The molecule has 25 heavy (non-hydrogen) atoms. The molecule has 8 nitrogen and oxygen atoms in total. The molecule has 0 bridgehead atoms. The molecule has 0 spiro atoms. The number of nitrogens with two attached hydrogens (primary N) is 2. The fourth-order valence-corrected chi connectivity index (χ4v) is 2.27. The van der Waals surface area contributed by atoms with Crippen molar-refractivity contribution in [3.63, 3.8) is 0 Å². The third-order valence-electron chi connectivity index (χ3n) is 4.38. The summed E-state index contributed by atoms with van der Waals surface area (Å²) in [6, 6.07) is -2.54. The summed E-state index contributed by atoms with van der Waals surface area (Å²) in [5.74, 6) is -2.23. The largest absolute Gasteiger partial charge is 0.480 e. The normalized spacial score (nSPS) is 16.0. The monoisotopic (exact) mass is 358 g/mol. The van der Waals surface area contributed by atoms with Gasteiger partial charge < -0.3 is 27.2 Å². The van der Waals surface area contributed by atoms with E-state index in [-0.39, 0.29) is 11.8 Å². The van der Waals surface area contributed by atoms with E-state index in [1.54, 1.807) is 0 Å². The minimum atomic E-state index is -1.10. The molecule has 0 saturated carbocycles. The lowest BCUT2D eigenvalue weighted by Gasteiger charge is -2.27. The van der Waals surface area contributed by atoms with Crippen LogP contribution in [0.25, 0.3) is 0 Å². The highest BCUT2D eigenvalue weighted by Gasteiger charge is 2.31. The second-order valence-corrected chi connectivity index (χ2v) is 6.83. The maximum atomic E-state index is 12.6. The number of hydrogen-bond donors (Lipinski definition) is 5. The van der Waals surface area contributed by atoms with Crippen molar-refractivity contribution >= 4 is 17.8 Å². The van der Waals surface area contributed by atoms with Gasteiger partial charge in [0.05, 0.1) is 6.04 Å². The number of rotatable bonds is 12. The summed E-state index contributed by atoms with van der Waals surface area (Å²) in [7, 11) is 0. The van der Waals surface area contributed by atoms with E-state index < -0.39 is 35.9 Å². The van der Waals surface area contributed by atoms with Crippen molar-refractivity contribution < 1.29 is 19.5 Å². The predicted molar refractivity (Wildman–Crippen MR) is 96.7 cm³/mol. The van der Waals surface area contributed by atoms with Crippen LogP contribution in [-0.4, -0.2) is 47.6 Å². The van der Waals surface area contributed by atoms with Crippen LogP contribution in [0, 0.1) is 11.8 Å². The zero-order chi connectivity index (χ0) is 19.6. The molecule has 0 aliphatic carbocycles. The smallest absolute Gasteiger partial charge is 0.326 e. The summed E-state index contributed by atoms with van der Waals surface area (Å²) in [5.41, 5.74) is 11.2. The molecule has 0 aromatic heterocycles. The number of nitrogens with one attached hydrogen (secondary N) is 2. The van der Waals surface area contributed by atoms with Crippen LogP contribution in [0.2, 0.25) is 0 Å². The Hall–Kier alpha value is -1.67. The fourth-order valence-electron chi connectivity index (χ4n) is 2.27. The van der Waals surface area contributed by atoms with Gasteiger partial charge in [-0.25, -0.2) is 4.79 Å². The maximum absolute atomic E-state index is 12.6. The van der Waals surface area contributed by atoms with E-state index in [9.17, 15) is 19.5 Å². The average molecular weight is 358 g/mol. The first kappa shape index (κ1) is 23.3. The van der Waals surface area contributed by atoms with Gasteiger partial charge in [0, 0.05) is 0 Å². The summed E-state index contributed by atoms with van der Waals surface area (Å²) in [4.78, 5) is 36.1. The molecule has 0 rings (SSSR count). The van der Waals surface area contributed by atoms with Gasteiger partial charge in [0.25, 0.3) is 0 Å². The Kier molecular flexibility index (Phi) is 11.0. The molecule has 0 aromatic carbocycles. The summed E-state index contributed by atoms with van der Waals surface area (Å²) in [6.45, 7) is 7.84. The van der Waals surface area contributed by atoms with Gasteiger partial charge in [0.15, 0.2) is 0 Å². The number of unbranched alkanes of at least 4 members (excludes halogenated alkanes) is 1. The Labute approximate surface area is 150 Å². The van der Waals surface area contributed by atoms with E-state index in [0.717, 1.165) is 0 Å². The maximum Gasteiger partial charge on any atom is 0.326 e. The van der Waals surface area contributed by atoms with E-state index >= 15 is 0 Å². The first-order valence-corrected chi connectivity index (χ1v) is 8.94. The number of hydrogen-bond acceptors (Lipinski definition) is 5. The summed E-state index contributed by atoms with van der Waals surface area (Å²) in [6.07, 6.45) is 2.24. The van der Waals surface area contributed by atoms with E-state index in [1.807, 2.05) is 27.7 Å². The Bertz CT molecular complexity index is 442. The highest BCUT2D eigenvalue weighted by Crippen LogP contribution is 2.11. The van der Waals surface area contributed by atoms with Crippen LogP contribution in [-0.2, 0) is 14.4 Å². The van der Waals surface area contributed by atoms with Crippen molar-refractivity contribution in [3.05, 3.63) is 0 Å². The van der Waals surface area contributed by atoms with Crippen molar-refractivity contribution in [2.24, 2.45) is 23.3 Å². The second kappa shape index (κ2) is 11.8. The minimum Gasteiger partial charge on any atom is -0.480 e. The molecule has 0 radical (unpaired) electrons. The van der Waals surface area contributed by atoms with Gasteiger partial charge in [-0.05, 0) is 37.6 Å². The van der Waals surface area contributed by atoms with Gasteiger partial charge in [-0.15, -0.1) is 0 Å². The van der Waals surface area contributed by atoms with Crippen molar-refractivity contribution in [2.75, 3.05) is 6.54 Å². The quantitative estimate of drug-likeness (QED) is 0.315. The number of carbonyl (C=O) groups is 3. The second-order valence-electron chi connectivity index (χ2n) is 6.83. The summed E-state index contributed by atoms with van der Waals surface area (Å²) >= 11 is 0. The first-order valence-electron chi connectivity index (χ1n) is 8.94. The van der Waals surface area contributed by atoms with Crippen LogP contribution >= 0.6 is 0 Å². The third-order valence-corrected chi connectivity index (χ3v) is 4.38. The van der Waals surface area contributed by atoms with Crippen LogP contribution in [0.4, 0.5) is 0 Å². The van der Waals surface area contributed by atoms with Crippen LogP contribution in [0.5, 0.6) is 0 Å². The number of carboxylic acids is 1. The number of amides is 2. The van der Waals surface area contributed by atoms with Crippen LogP contribution in [0.3, 0.4) is 0 Å². The van der Waals surface area contributed by atoms with Crippen molar-refractivity contribution in [1.82, 2.24) is 10.6 Å². The van der Waals surface area contributed by atoms with Crippen LogP contribution < -0.4 is 22.1 Å². The van der Waals surface area contributed by atoms with Crippen LogP contribution in [0.15, 0.2) is 0 Å². The highest BCUT2D eigenvalue weighted by atomic mass is 16.4. The molecule has 0 heterocycles. The zero-order valence-corrected chi connectivity index (χ0v) is 15.7. The standard InChI is InChI=1S/C17H34N4O4/c1-5-11(4)14(21-15(22)13(19)10(2)3)16(23)20-12(17(24)25)8-6-7-9-18/h10-14H,5-9,18-19H2,1-4H3,(H,20,23)(H,21,22)(H,24,25). The van der Waals surface area contributed by atoms with E-state index in [0.29, 0.717) is 32.2 Å². The molecular weight excluding hydrogens is 324 g/mol. The molecule has 0 saturated heterocycles. The van der Waals surface area contributed by atoms with Crippen molar-refractivity contribution in [2.45, 2.75) is 71.5 Å². The van der Waals surface area contributed by atoms with Gasteiger partial charge >= 0.3 is 5.97 Å². The minimum absolute atomic E-state index is 0.0660. The average Bonchev–Trinajstić information content (AvgIpc) is 2.56. The summed E-state index contributed by atoms with van der Waals surface area (Å²) in [5, 5.41) is 14.5. The van der Waals surface area contributed by atoms with Gasteiger partial charge in [-0.2, -0.15) is 0 Å². The fraction of sp³-hybridized carbons (Fsp3) is 0.824. The van der Waals surface area contributed by atoms with Gasteiger partial charge in [-0.1, -0.05) is 34.1 Å².